The van der Waals surface area contributed by atoms with Crippen molar-refractivity contribution in [1.29, 1.82) is 0 Å². The van der Waals surface area contributed by atoms with Crippen molar-refractivity contribution in [1.82, 2.24) is 5.32 Å². The molecule has 0 aliphatic heterocycles. The van der Waals surface area contributed by atoms with Crippen LogP contribution in [-0.2, 0) is 0 Å². The number of hydrogen-bond donors (Lipinski definition) is 1. The standard InChI is InChI=1S/C17H21NO/c1-14-8-6-7-11-16(14)19-17(12-13-18-2)15-9-4-3-5-10-15/h3-11,17-18H,12-13H2,1-2H3/i1D3,2D3,12D2. The Hall–Kier alpha value is -1.80. The second-order valence-electron chi connectivity index (χ2n) is 3.96. The molecular weight excluding hydrogens is 234 g/mol. The van der Waals surface area contributed by atoms with Gasteiger partial charge >= 0.3 is 0 Å². The van der Waals surface area contributed by atoms with E-state index in [1.165, 1.54) is 12.1 Å². The highest BCUT2D eigenvalue weighted by atomic mass is 16.5. The quantitative estimate of drug-likeness (QED) is 0.857. The van der Waals surface area contributed by atoms with E-state index in [-0.39, 0.29) is 11.3 Å². The van der Waals surface area contributed by atoms with Crippen LogP contribution in [0, 0.1) is 6.85 Å². The Labute approximate surface area is 126 Å². The van der Waals surface area contributed by atoms with E-state index in [0.29, 0.717) is 5.56 Å². The summed E-state index contributed by atoms with van der Waals surface area (Å²) in [6, 6.07) is 14.5. The van der Waals surface area contributed by atoms with Gasteiger partial charge in [-0.1, -0.05) is 48.5 Å². The molecule has 2 aromatic carbocycles. The first-order valence-electron chi connectivity index (χ1n) is 9.96. The highest BCUT2D eigenvalue weighted by molar-refractivity contribution is 5.33. The van der Waals surface area contributed by atoms with E-state index in [4.69, 9.17) is 15.7 Å². The number of rotatable bonds is 6. The molecule has 1 N–H and O–H groups in total. The van der Waals surface area contributed by atoms with Crippen molar-refractivity contribution in [3.8, 4) is 5.75 Å². The molecule has 2 heteroatoms. The van der Waals surface area contributed by atoms with Gasteiger partial charge in [-0.05, 0) is 37.6 Å². The molecule has 1 unspecified atom stereocenters. The van der Waals surface area contributed by atoms with E-state index in [1.54, 1.807) is 42.5 Å². The van der Waals surface area contributed by atoms with Gasteiger partial charge in [-0.25, -0.2) is 0 Å². The largest absolute Gasteiger partial charge is 0.485 e. The lowest BCUT2D eigenvalue weighted by atomic mass is 10.1. The first-order chi connectivity index (χ1) is 12.4. The van der Waals surface area contributed by atoms with Gasteiger partial charge in [0.15, 0.2) is 0 Å². The third kappa shape index (κ3) is 3.83. The third-order valence-electron chi connectivity index (χ3n) is 2.61. The summed E-state index contributed by atoms with van der Waals surface area (Å²) >= 11 is 0. The summed E-state index contributed by atoms with van der Waals surface area (Å²) in [5.41, 5.74) is 0.431. The van der Waals surface area contributed by atoms with Crippen LogP contribution < -0.4 is 10.1 Å². The molecular formula is C17H21NO. The van der Waals surface area contributed by atoms with Gasteiger partial charge < -0.3 is 10.1 Å². The summed E-state index contributed by atoms with van der Waals surface area (Å²) < 4.78 is 67.2. The average molecular weight is 263 g/mol. The summed E-state index contributed by atoms with van der Waals surface area (Å²) in [5, 5.41) is 2.18. The minimum atomic E-state index is -2.51. The zero-order valence-electron chi connectivity index (χ0n) is 18.4. The van der Waals surface area contributed by atoms with Crippen molar-refractivity contribution in [3.63, 3.8) is 0 Å². The van der Waals surface area contributed by atoms with Crippen molar-refractivity contribution in [3.05, 3.63) is 65.7 Å². The van der Waals surface area contributed by atoms with E-state index in [2.05, 4.69) is 5.32 Å². The fraction of sp³-hybridized carbons (Fsp3) is 0.294. The lowest BCUT2D eigenvalue weighted by molar-refractivity contribution is 0.193. The lowest BCUT2D eigenvalue weighted by Gasteiger charge is -2.20. The molecule has 0 heterocycles. The maximum atomic E-state index is 8.37. The van der Waals surface area contributed by atoms with Crippen LogP contribution >= 0.6 is 0 Å². The molecule has 1 atom stereocenters. The molecule has 0 aromatic heterocycles. The Morgan fingerprint density at radius 1 is 1.16 bits per heavy atom. The molecule has 0 amide bonds. The van der Waals surface area contributed by atoms with Gasteiger partial charge in [-0.15, -0.1) is 0 Å². The topological polar surface area (TPSA) is 21.3 Å². The van der Waals surface area contributed by atoms with Gasteiger partial charge in [-0.2, -0.15) is 0 Å². The summed E-state index contributed by atoms with van der Waals surface area (Å²) in [4.78, 5) is 0. The van der Waals surface area contributed by atoms with Crippen LogP contribution in [0.1, 0.15) is 34.6 Å². The molecule has 2 nitrogen and oxygen atoms in total. The van der Waals surface area contributed by atoms with Crippen molar-refractivity contribution in [2.75, 3.05) is 13.5 Å². The van der Waals surface area contributed by atoms with Crippen LogP contribution in [-0.4, -0.2) is 13.5 Å². The van der Waals surface area contributed by atoms with Crippen molar-refractivity contribution in [2.24, 2.45) is 0 Å². The zero-order valence-corrected chi connectivity index (χ0v) is 10.4. The molecule has 0 fully saturated rings. The molecule has 2 rings (SSSR count). The molecule has 0 aliphatic rings. The molecule has 100 valence electrons. The number of ether oxygens (including phenoxy) is 1. The van der Waals surface area contributed by atoms with E-state index < -0.39 is 32.8 Å². The van der Waals surface area contributed by atoms with Crippen molar-refractivity contribution < 1.29 is 15.7 Å². The summed E-state index contributed by atoms with van der Waals surface area (Å²) in [6.45, 7) is -5.44. The number of hydrogen-bond acceptors (Lipinski definition) is 2. The van der Waals surface area contributed by atoms with Crippen molar-refractivity contribution in [2.45, 2.75) is 19.3 Å². The average Bonchev–Trinajstić information content (AvgIpc) is 2.57. The number of para-hydroxylation sites is 1. The van der Waals surface area contributed by atoms with Gasteiger partial charge in [0.2, 0.25) is 0 Å². The van der Waals surface area contributed by atoms with E-state index in [0.717, 1.165) is 0 Å². The molecule has 0 bridgehead atoms. The lowest BCUT2D eigenvalue weighted by Crippen LogP contribution is -2.16. The van der Waals surface area contributed by atoms with Crippen LogP contribution in [0.15, 0.2) is 54.6 Å². The Morgan fingerprint density at radius 2 is 1.95 bits per heavy atom. The van der Waals surface area contributed by atoms with E-state index >= 15 is 0 Å². The van der Waals surface area contributed by atoms with Crippen LogP contribution in [0.5, 0.6) is 5.75 Å². The SMILES string of the molecule is [2H]C([2H])([2H])NCC([2H])([2H])C(Oc1ccccc1C([2H])([2H])[2H])c1ccccc1. The Bertz CT molecular complexity index is 743. The van der Waals surface area contributed by atoms with E-state index in [9.17, 15) is 0 Å². The van der Waals surface area contributed by atoms with Crippen LogP contribution in [0.4, 0.5) is 0 Å². The Kier molecular flexibility index (Phi) is 2.41. The maximum Gasteiger partial charge on any atom is 0.125 e. The monoisotopic (exact) mass is 263 g/mol. The highest BCUT2D eigenvalue weighted by Crippen LogP contribution is 2.26. The first kappa shape index (κ1) is 6.58. The highest BCUT2D eigenvalue weighted by Gasteiger charge is 2.13. The minimum absolute atomic E-state index is 0.0316. The predicted molar refractivity (Wildman–Crippen MR) is 79.5 cm³/mol. The Morgan fingerprint density at radius 3 is 2.74 bits per heavy atom. The number of benzene rings is 2. The van der Waals surface area contributed by atoms with Gasteiger partial charge in [0.25, 0.3) is 0 Å². The normalized spacial score (nSPS) is 20.4. The fourth-order valence-electron chi connectivity index (χ4n) is 1.70. The maximum absolute atomic E-state index is 8.37. The van der Waals surface area contributed by atoms with Gasteiger partial charge in [0, 0.05) is 17.3 Å². The molecule has 0 spiro atoms. The fourth-order valence-corrected chi connectivity index (χ4v) is 1.70. The number of aryl methyl sites for hydroxylation is 1. The van der Waals surface area contributed by atoms with Gasteiger partial charge in [0.1, 0.15) is 11.9 Å². The van der Waals surface area contributed by atoms with Crippen LogP contribution in [0.3, 0.4) is 0 Å². The zero-order chi connectivity index (χ0) is 20.3. The van der Waals surface area contributed by atoms with E-state index in [1.807, 2.05) is 0 Å². The second-order valence-corrected chi connectivity index (χ2v) is 3.96. The summed E-state index contributed by atoms with van der Waals surface area (Å²) in [6.07, 6.45) is -3.34. The minimum Gasteiger partial charge on any atom is -0.485 e. The van der Waals surface area contributed by atoms with Crippen molar-refractivity contribution >= 4 is 0 Å². The van der Waals surface area contributed by atoms with Gasteiger partial charge in [-0.3, -0.25) is 0 Å². The van der Waals surface area contributed by atoms with Gasteiger partial charge in [0.05, 0.1) is 0 Å². The second kappa shape index (κ2) is 6.95. The first-order valence-corrected chi connectivity index (χ1v) is 5.96. The molecule has 19 heavy (non-hydrogen) atoms. The third-order valence-corrected chi connectivity index (χ3v) is 2.61. The smallest absolute Gasteiger partial charge is 0.125 e. The Balaban J connectivity index is 2.41. The summed E-state index contributed by atoms with van der Waals surface area (Å²) in [7, 11) is 0. The molecule has 2 aromatic rings. The molecule has 0 saturated carbocycles. The molecule has 0 aliphatic carbocycles. The van der Waals surface area contributed by atoms with Crippen LogP contribution in [0.25, 0.3) is 0 Å². The number of nitrogens with one attached hydrogen (secondary N) is 1. The predicted octanol–water partition coefficient (Wildman–Crippen LogP) is 3.72. The summed E-state index contributed by atoms with van der Waals surface area (Å²) in [5.74, 6) is 0.0316. The van der Waals surface area contributed by atoms with Crippen LogP contribution in [0.2, 0.25) is 0 Å². The molecule has 0 radical (unpaired) electrons. The molecule has 0 saturated heterocycles.